The molecule has 2 fully saturated rings. The highest BCUT2D eigenvalue weighted by Crippen LogP contribution is 2.53. The number of hydrogen-bond donors (Lipinski definition) is 1. The first-order chi connectivity index (χ1) is 18.4. The number of nitrogens with zero attached hydrogens (tertiary/aromatic N) is 2. The molecule has 4 atom stereocenters. The third kappa shape index (κ3) is 3.63. The third-order valence-corrected chi connectivity index (χ3v) is 7.72. The van der Waals surface area contributed by atoms with Crippen molar-refractivity contribution in [3.63, 3.8) is 0 Å². The number of methoxy groups -OCH3 is 2. The fraction of sp³-hybridized carbons (Fsp3) is 0.207. The number of ether oxygens (including phenoxy) is 2. The summed E-state index contributed by atoms with van der Waals surface area (Å²) in [5.74, 6) is -1.77. The fourth-order valence-electron chi connectivity index (χ4n) is 5.83. The van der Waals surface area contributed by atoms with Crippen LogP contribution in [0, 0.1) is 11.8 Å². The third-order valence-electron chi connectivity index (χ3n) is 7.48. The average molecular weight is 530 g/mol. The van der Waals surface area contributed by atoms with Gasteiger partial charge in [-0.05, 0) is 59.7 Å². The Morgan fingerprint density at radius 2 is 1.66 bits per heavy atom. The van der Waals surface area contributed by atoms with Crippen molar-refractivity contribution in [1.29, 1.82) is 0 Å². The summed E-state index contributed by atoms with van der Waals surface area (Å²) in [5, 5.41) is 3.32. The SMILES string of the molecule is COc1ccc(N2C(=O)[C@@H]3[C@H](C2=O)C2c4ccccc4C=CN2[C@@H]3C(=O)Nc2cc(Cl)ccc2OC)cc1. The Kier molecular flexibility index (Phi) is 5.84. The zero-order valence-electron chi connectivity index (χ0n) is 20.6. The van der Waals surface area contributed by atoms with Crippen molar-refractivity contribution in [3.05, 3.63) is 89.1 Å². The number of nitrogens with one attached hydrogen (secondary N) is 1. The minimum atomic E-state index is -0.932. The standard InChI is InChI=1S/C29H24ClN3O5/c1-37-19-10-8-18(9-11-19)33-28(35)23-24(29(33)36)26(27(34)31-21-15-17(30)7-12-22(21)38-2)32-14-13-16-5-3-4-6-20(16)25(23)32/h3-15,23-26H,1-2H3,(H,31,34)/t23-,24+,25?,26-/m0/s1. The van der Waals surface area contributed by atoms with Crippen LogP contribution in [-0.4, -0.2) is 42.9 Å². The topological polar surface area (TPSA) is 88.2 Å². The summed E-state index contributed by atoms with van der Waals surface area (Å²) in [7, 11) is 3.04. The highest BCUT2D eigenvalue weighted by Gasteiger charge is 2.64. The number of amides is 3. The van der Waals surface area contributed by atoms with Crippen LogP contribution in [0.15, 0.2) is 72.9 Å². The summed E-state index contributed by atoms with van der Waals surface area (Å²) in [4.78, 5) is 44.8. The van der Waals surface area contributed by atoms with Gasteiger partial charge in [-0.3, -0.25) is 14.4 Å². The lowest BCUT2D eigenvalue weighted by atomic mass is 9.84. The molecule has 1 unspecified atom stereocenters. The first-order valence-corrected chi connectivity index (χ1v) is 12.5. The Morgan fingerprint density at radius 3 is 2.39 bits per heavy atom. The molecule has 8 nitrogen and oxygen atoms in total. The molecule has 6 rings (SSSR count). The molecule has 0 aliphatic carbocycles. The normalized spacial score (nSPS) is 23.1. The smallest absolute Gasteiger partial charge is 0.248 e. The van der Waals surface area contributed by atoms with Crippen LogP contribution >= 0.6 is 11.6 Å². The molecule has 2 saturated heterocycles. The number of carbonyl (C=O) groups is 3. The number of hydrogen-bond acceptors (Lipinski definition) is 6. The van der Waals surface area contributed by atoms with Crippen molar-refractivity contribution in [1.82, 2.24) is 4.90 Å². The molecule has 9 heteroatoms. The Balaban J connectivity index is 1.43. The van der Waals surface area contributed by atoms with Crippen molar-refractivity contribution in [2.45, 2.75) is 12.1 Å². The number of halogens is 1. The van der Waals surface area contributed by atoms with Crippen molar-refractivity contribution in [2.75, 3.05) is 24.4 Å². The van der Waals surface area contributed by atoms with Gasteiger partial charge in [0.15, 0.2) is 0 Å². The molecule has 38 heavy (non-hydrogen) atoms. The molecule has 0 saturated carbocycles. The Bertz CT molecular complexity index is 1490. The van der Waals surface area contributed by atoms with Crippen LogP contribution in [0.5, 0.6) is 11.5 Å². The molecule has 3 aromatic rings. The zero-order valence-corrected chi connectivity index (χ0v) is 21.4. The molecule has 3 amide bonds. The van der Waals surface area contributed by atoms with Gasteiger partial charge in [0, 0.05) is 11.2 Å². The van der Waals surface area contributed by atoms with Crippen molar-refractivity contribution < 1.29 is 23.9 Å². The van der Waals surface area contributed by atoms with Gasteiger partial charge < -0.3 is 19.7 Å². The van der Waals surface area contributed by atoms with Crippen molar-refractivity contribution in [2.24, 2.45) is 11.8 Å². The average Bonchev–Trinajstić information content (AvgIpc) is 3.41. The molecule has 0 radical (unpaired) electrons. The van der Waals surface area contributed by atoms with E-state index in [-0.39, 0.29) is 5.91 Å². The highest BCUT2D eigenvalue weighted by molar-refractivity contribution is 6.31. The van der Waals surface area contributed by atoms with Crippen molar-refractivity contribution >= 4 is 46.8 Å². The molecule has 3 heterocycles. The van der Waals surface area contributed by atoms with Crippen molar-refractivity contribution in [3.8, 4) is 11.5 Å². The minimum absolute atomic E-state index is 0.332. The van der Waals surface area contributed by atoms with Gasteiger partial charge in [-0.25, -0.2) is 4.90 Å². The van der Waals surface area contributed by atoms with Crippen LogP contribution in [0.1, 0.15) is 17.2 Å². The van der Waals surface area contributed by atoms with E-state index >= 15 is 0 Å². The number of anilines is 2. The molecule has 0 spiro atoms. The molecule has 192 valence electrons. The van der Waals surface area contributed by atoms with Gasteiger partial charge in [-0.1, -0.05) is 35.9 Å². The van der Waals surface area contributed by atoms with Crippen LogP contribution in [0.2, 0.25) is 5.02 Å². The summed E-state index contributed by atoms with van der Waals surface area (Å²) >= 11 is 6.18. The van der Waals surface area contributed by atoms with E-state index in [0.717, 1.165) is 11.1 Å². The maximum atomic E-state index is 13.9. The number of rotatable bonds is 5. The van der Waals surface area contributed by atoms with E-state index in [1.807, 2.05) is 41.4 Å². The largest absolute Gasteiger partial charge is 0.497 e. The van der Waals surface area contributed by atoms with E-state index < -0.39 is 35.7 Å². The molecule has 0 aromatic heterocycles. The second kappa shape index (κ2) is 9.22. The molecule has 3 aliphatic rings. The fourth-order valence-corrected chi connectivity index (χ4v) is 6.00. The first kappa shape index (κ1) is 24.1. The second-order valence-corrected chi connectivity index (χ2v) is 9.81. The lowest BCUT2D eigenvalue weighted by Gasteiger charge is -2.35. The van der Waals surface area contributed by atoms with E-state index in [1.54, 1.807) is 49.6 Å². The Labute approximate surface area is 224 Å². The number of carbonyl (C=O) groups excluding carboxylic acids is 3. The summed E-state index contributed by atoms with van der Waals surface area (Å²) in [6.07, 6.45) is 3.71. The monoisotopic (exact) mass is 529 g/mol. The summed E-state index contributed by atoms with van der Waals surface area (Å²) in [6.45, 7) is 0. The zero-order chi connectivity index (χ0) is 26.6. The van der Waals surface area contributed by atoms with Gasteiger partial charge in [0.1, 0.15) is 17.5 Å². The molecule has 3 aliphatic heterocycles. The van der Waals surface area contributed by atoms with Crippen LogP contribution in [0.4, 0.5) is 11.4 Å². The van der Waals surface area contributed by atoms with Crippen LogP contribution in [-0.2, 0) is 14.4 Å². The lowest BCUT2D eigenvalue weighted by molar-refractivity contribution is -0.128. The molecule has 1 N–H and O–H groups in total. The summed E-state index contributed by atoms with van der Waals surface area (Å²) in [6, 6.07) is 18.0. The van der Waals surface area contributed by atoms with Gasteiger partial charge >= 0.3 is 0 Å². The van der Waals surface area contributed by atoms with E-state index in [0.29, 0.717) is 27.9 Å². The molecular formula is C29H24ClN3O5. The maximum Gasteiger partial charge on any atom is 0.248 e. The first-order valence-electron chi connectivity index (χ1n) is 12.1. The summed E-state index contributed by atoms with van der Waals surface area (Å²) < 4.78 is 10.6. The quantitative estimate of drug-likeness (QED) is 0.489. The van der Waals surface area contributed by atoms with Gasteiger partial charge in [0.2, 0.25) is 17.7 Å². The van der Waals surface area contributed by atoms with Crippen LogP contribution in [0.3, 0.4) is 0 Å². The lowest BCUT2D eigenvalue weighted by Crippen LogP contribution is -2.46. The van der Waals surface area contributed by atoms with E-state index in [2.05, 4.69) is 5.32 Å². The molecule has 3 aromatic carbocycles. The van der Waals surface area contributed by atoms with Gasteiger partial charge in [0.25, 0.3) is 0 Å². The highest BCUT2D eigenvalue weighted by atomic mass is 35.5. The van der Waals surface area contributed by atoms with Crippen LogP contribution in [0.25, 0.3) is 6.08 Å². The van der Waals surface area contributed by atoms with Crippen LogP contribution < -0.4 is 19.7 Å². The molecule has 0 bridgehead atoms. The van der Waals surface area contributed by atoms with Gasteiger partial charge in [-0.2, -0.15) is 0 Å². The number of fused-ring (bicyclic) bond motifs is 5. The second-order valence-electron chi connectivity index (χ2n) is 9.38. The molecular weight excluding hydrogens is 506 g/mol. The number of benzene rings is 3. The van der Waals surface area contributed by atoms with Gasteiger partial charge in [0.05, 0.1) is 43.5 Å². The summed E-state index contributed by atoms with van der Waals surface area (Å²) in [5.41, 5.74) is 2.68. The minimum Gasteiger partial charge on any atom is -0.497 e. The number of imide groups is 1. The predicted octanol–water partition coefficient (Wildman–Crippen LogP) is 4.51. The van der Waals surface area contributed by atoms with E-state index in [4.69, 9.17) is 21.1 Å². The van der Waals surface area contributed by atoms with E-state index in [1.165, 1.54) is 12.0 Å². The Morgan fingerprint density at radius 1 is 0.921 bits per heavy atom. The predicted molar refractivity (Wildman–Crippen MR) is 143 cm³/mol. The maximum absolute atomic E-state index is 13.9. The Hall–Kier alpha value is -4.30. The van der Waals surface area contributed by atoms with E-state index in [9.17, 15) is 14.4 Å². The van der Waals surface area contributed by atoms with Gasteiger partial charge in [-0.15, -0.1) is 0 Å².